The van der Waals surface area contributed by atoms with Crippen molar-refractivity contribution in [2.75, 3.05) is 12.0 Å². The topological polar surface area (TPSA) is 29.5 Å². The Morgan fingerprint density at radius 1 is 1.09 bits per heavy atom. The van der Waals surface area contributed by atoms with E-state index in [4.69, 9.17) is 4.74 Å². The molecule has 1 aliphatic heterocycles. The van der Waals surface area contributed by atoms with Gasteiger partial charge in [-0.3, -0.25) is 0 Å². The number of carbonyl (C=O) groups is 1. The Morgan fingerprint density at radius 3 is 2.59 bits per heavy atom. The lowest BCUT2D eigenvalue weighted by molar-refractivity contribution is -0.136. The van der Waals surface area contributed by atoms with Gasteiger partial charge in [0.15, 0.2) is 0 Å². The number of carbonyl (C=O) groups excluding carboxylic acids is 1. The summed E-state index contributed by atoms with van der Waals surface area (Å²) in [5.74, 6) is -0.258. The number of hydrogen-bond donors (Lipinski definition) is 0. The molecule has 1 heterocycles. The van der Waals surface area contributed by atoms with Crippen LogP contribution in [0.5, 0.6) is 0 Å². The Hall–Kier alpha value is -2.55. The predicted molar refractivity (Wildman–Crippen MR) is 89.5 cm³/mol. The first-order chi connectivity index (χ1) is 10.6. The fourth-order valence-electron chi connectivity index (χ4n) is 3.02. The molecule has 0 N–H and O–H groups in total. The van der Waals surface area contributed by atoms with E-state index < -0.39 is 0 Å². The maximum atomic E-state index is 12.0. The SMILES string of the molecule is COC(=O)C1=C(C)N(c2cccc3ccccc23)C(C)=CC1. The highest BCUT2D eigenvalue weighted by atomic mass is 16.5. The number of benzene rings is 2. The van der Waals surface area contributed by atoms with Crippen LogP contribution in [0.3, 0.4) is 0 Å². The fourth-order valence-corrected chi connectivity index (χ4v) is 3.02. The van der Waals surface area contributed by atoms with E-state index in [0.717, 1.165) is 17.1 Å². The van der Waals surface area contributed by atoms with Gasteiger partial charge in [-0.15, -0.1) is 0 Å². The van der Waals surface area contributed by atoms with E-state index in [1.54, 1.807) is 0 Å². The van der Waals surface area contributed by atoms with Crippen molar-refractivity contribution in [1.29, 1.82) is 0 Å². The molecule has 0 radical (unpaired) electrons. The van der Waals surface area contributed by atoms with Gasteiger partial charge in [0.2, 0.25) is 0 Å². The van der Waals surface area contributed by atoms with Gasteiger partial charge in [-0.1, -0.05) is 42.5 Å². The van der Waals surface area contributed by atoms with Crippen LogP contribution in [0.1, 0.15) is 20.3 Å². The molecule has 1 aliphatic rings. The highest BCUT2D eigenvalue weighted by Crippen LogP contribution is 2.35. The number of allylic oxidation sites excluding steroid dienone is 3. The molecule has 0 atom stereocenters. The van der Waals surface area contributed by atoms with Gasteiger partial charge in [0, 0.05) is 23.2 Å². The molecule has 0 saturated heterocycles. The lowest BCUT2D eigenvalue weighted by Gasteiger charge is -2.32. The Kier molecular flexibility index (Phi) is 3.72. The van der Waals surface area contributed by atoms with Gasteiger partial charge in [-0.2, -0.15) is 0 Å². The van der Waals surface area contributed by atoms with Crippen LogP contribution in [-0.2, 0) is 9.53 Å². The van der Waals surface area contributed by atoms with Gasteiger partial charge < -0.3 is 9.64 Å². The number of ether oxygens (including phenoxy) is 1. The van der Waals surface area contributed by atoms with Crippen LogP contribution < -0.4 is 4.90 Å². The minimum Gasteiger partial charge on any atom is -0.466 e. The van der Waals surface area contributed by atoms with Crippen molar-refractivity contribution in [2.45, 2.75) is 20.3 Å². The van der Waals surface area contributed by atoms with E-state index in [0.29, 0.717) is 12.0 Å². The molecule has 0 aromatic heterocycles. The van der Waals surface area contributed by atoms with Crippen molar-refractivity contribution in [3.8, 4) is 0 Å². The van der Waals surface area contributed by atoms with Crippen molar-refractivity contribution < 1.29 is 9.53 Å². The normalized spacial score (nSPS) is 15.0. The van der Waals surface area contributed by atoms with E-state index in [9.17, 15) is 4.79 Å². The first-order valence-corrected chi connectivity index (χ1v) is 7.36. The van der Waals surface area contributed by atoms with Gasteiger partial charge in [-0.25, -0.2) is 4.79 Å². The van der Waals surface area contributed by atoms with Crippen molar-refractivity contribution in [2.24, 2.45) is 0 Å². The molecule has 22 heavy (non-hydrogen) atoms. The van der Waals surface area contributed by atoms with Crippen LogP contribution in [0.2, 0.25) is 0 Å². The zero-order valence-corrected chi connectivity index (χ0v) is 13.1. The summed E-state index contributed by atoms with van der Waals surface area (Å²) in [5, 5.41) is 2.36. The molecule has 0 bridgehead atoms. The monoisotopic (exact) mass is 293 g/mol. The molecule has 3 nitrogen and oxygen atoms in total. The van der Waals surface area contributed by atoms with Crippen LogP contribution in [0, 0.1) is 0 Å². The second-order valence-corrected chi connectivity index (χ2v) is 5.44. The van der Waals surface area contributed by atoms with Gasteiger partial charge >= 0.3 is 5.97 Å². The number of esters is 1. The van der Waals surface area contributed by atoms with E-state index in [-0.39, 0.29) is 5.97 Å². The first kappa shape index (κ1) is 14.4. The molecule has 2 aromatic carbocycles. The summed E-state index contributed by atoms with van der Waals surface area (Å²) in [6, 6.07) is 14.5. The Labute approximate surface area is 130 Å². The molecule has 3 heteroatoms. The number of methoxy groups -OCH3 is 1. The molecule has 3 rings (SSSR count). The lowest BCUT2D eigenvalue weighted by Crippen LogP contribution is -2.26. The van der Waals surface area contributed by atoms with Crippen molar-refractivity contribution in [1.82, 2.24) is 0 Å². The zero-order valence-electron chi connectivity index (χ0n) is 13.1. The standard InChI is InChI=1S/C19H19NO2/c1-13-11-12-16(19(21)22-3)14(2)20(13)18-10-6-8-15-7-4-5-9-17(15)18/h4-11H,12H2,1-3H3. The van der Waals surface area contributed by atoms with Crippen molar-refractivity contribution in [3.05, 3.63) is 65.5 Å². The van der Waals surface area contributed by atoms with Crippen molar-refractivity contribution >= 4 is 22.4 Å². The number of anilines is 1. The maximum absolute atomic E-state index is 12.0. The number of hydrogen-bond acceptors (Lipinski definition) is 3. The average Bonchev–Trinajstić information content (AvgIpc) is 2.54. The van der Waals surface area contributed by atoms with Gasteiger partial charge in [-0.05, 0) is 25.3 Å². The molecule has 0 saturated carbocycles. The summed E-state index contributed by atoms with van der Waals surface area (Å²) in [4.78, 5) is 14.1. The summed E-state index contributed by atoms with van der Waals surface area (Å²) in [5.41, 5.74) is 3.86. The third-order valence-corrected chi connectivity index (χ3v) is 4.17. The maximum Gasteiger partial charge on any atom is 0.335 e. The molecular weight excluding hydrogens is 274 g/mol. The average molecular weight is 293 g/mol. The third-order valence-electron chi connectivity index (χ3n) is 4.17. The van der Waals surface area contributed by atoms with Crippen LogP contribution in [-0.4, -0.2) is 13.1 Å². The molecule has 0 spiro atoms. The van der Waals surface area contributed by atoms with Gasteiger partial charge in [0.25, 0.3) is 0 Å². The number of rotatable bonds is 2. The molecule has 0 aliphatic carbocycles. The molecule has 0 fully saturated rings. The highest BCUT2D eigenvalue weighted by molar-refractivity contribution is 5.97. The minimum atomic E-state index is -0.258. The van der Waals surface area contributed by atoms with E-state index in [1.807, 2.05) is 25.1 Å². The van der Waals surface area contributed by atoms with E-state index in [2.05, 4.69) is 42.2 Å². The summed E-state index contributed by atoms with van der Waals surface area (Å²) >= 11 is 0. The largest absolute Gasteiger partial charge is 0.466 e. The third kappa shape index (κ3) is 2.29. The van der Waals surface area contributed by atoms with Gasteiger partial charge in [0.05, 0.1) is 18.4 Å². The van der Waals surface area contributed by atoms with Crippen LogP contribution in [0.15, 0.2) is 65.5 Å². The number of nitrogens with zero attached hydrogens (tertiary/aromatic N) is 1. The molecule has 0 amide bonds. The highest BCUT2D eigenvalue weighted by Gasteiger charge is 2.24. The zero-order chi connectivity index (χ0) is 15.7. The predicted octanol–water partition coefficient (Wildman–Crippen LogP) is 4.40. The Morgan fingerprint density at radius 2 is 1.82 bits per heavy atom. The number of fused-ring (bicyclic) bond motifs is 1. The van der Waals surface area contributed by atoms with Gasteiger partial charge in [0.1, 0.15) is 0 Å². The summed E-state index contributed by atoms with van der Waals surface area (Å²) < 4.78 is 4.91. The minimum absolute atomic E-state index is 0.258. The fraction of sp³-hybridized carbons (Fsp3) is 0.211. The Balaban J connectivity index is 2.19. The quantitative estimate of drug-likeness (QED) is 0.769. The summed E-state index contributed by atoms with van der Waals surface area (Å²) in [6.07, 6.45) is 2.69. The molecule has 2 aromatic rings. The van der Waals surface area contributed by atoms with Crippen LogP contribution in [0.25, 0.3) is 10.8 Å². The first-order valence-electron chi connectivity index (χ1n) is 7.36. The van der Waals surface area contributed by atoms with Crippen LogP contribution in [0.4, 0.5) is 5.69 Å². The molecule has 112 valence electrons. The van der Waals surface area contributed by atoms with E-state index >= 15 is 0 Å². The second-order valence-electron chi connectivity index (χ2n) is 5.44. The van der Waals surface area contributed by atoms with Crippen LogP contribution >= 0.6 is 0 Å². The molecule has 0 unspecified atom stereocenters. The Bertz CT molecular complexity index is 797. The summed E-state index contributed by atoms with van der Waals surface area (Å²) in [6.45, 7) is 4.05. The smallest absolute Gasteiger partial charge is 0.335 e. The summed E-state index contributed by atoms with van der Waals surface area (Å²) in [7, 11) is 1.43. The van der Waals surface area contributed by atoms with Crippen molar-refractivity contribution in [3.63, 3.8) is 0 Å². The lowest BCUT2D eigenvalue weighted by atomic mass is 10.0. The van der Waals surface area contributed by atoms with E-state index in [1.165, 1.54) is 17.9 Å². The molecular formula is C19H19NO2. The second kappa shape index (κ2) is 5.68.